The molecule has 5 rings (SSSR count). The van der Waals surface area contributed by atoms with Crippen LogP contribution in [0.5, 0.6) is 11.5 Å². The first kappa shape index (κ1) is 24.0. The van der Waals surface area contributed by atoms with E-state index in [1.165, 1.54) is 5.56 Å². The van der Waals surface area contributed by atoms with Crippen molar-refractivity contribution in [3.63, 3.8) is 0 Å². The predicted molar refractivity (Wildman–Crippen MR) is 132 cm³/mol. The van der Waals surface area contributed by atoms with Crippen molar-refractivity contribution >= 4 is 0 Å². The summed E-state index contributed by atoms with van der Waals surface area (Å²) in [6.45, 7) is 13.5. The summed E-state index contributed by atoms with van der Waals surface area (Å²) >= 11 is 0. The van der Waals surface area contributed by atoms with Gasteiger partial charge in [-0.3, -0.25) is 0 Å². The summed E-state index contributed by atoms with van der Waals surface area (Å²) in [5.41, 5.74) is 1.41. The molecule has 2 fully saturated rings. The molecule has 0 aromatic heterocycles. The molecular weight excluding hydrogens is 428 g/mol. The van der Waals surface area contributed by atoms with Crippen LogP contribution in [0.15, 0.2) is 24.0 Å². The van der Waals surface area contributed by atoms with Crippen molar-refractivity contribution in [2.24, 2.45) is 16.2 Å². The number of allylic oxidation sites excluding steroid dienone is 2. The molecule has 188 valence electrons. The lowest BCUT2D eigenvalue weighted by Gasteiger charge is -2.59. The molecule has 1 N–H and O–H groups in total. The van der Waals surface area contributed by atoms with Crippen LogP contribution in [0.1, 0.15) is 84.3 Å². The van der Waals surface area contributed by atoms with E-state index >= 15 is 0 Å². The maximum absolute atomic E-state index is 10.9. The number of hydrogen-bond acceptors (Lipinski definition) is 5. The van der Waals surface area contributed by atoms with E-state index in [0.717, 1.165) is 67.8 Å². The summed E-state index contributed by atoms with van der Waals surface area (Å²) in [6.07, 6.45) is 8.76. The van der Waals surface area contributed by atoms with Gasteiger partial charge in [0.15, 0.2) is 0 Å². The third kappa shape index (κ3) is 3.19. The van der Waals surface area contributed by atoms with Crippen molar-refractivity contribution in [2.75, 3.05) is 13.7 Å². The van der Waals surface area contributed by atoms with E-state index in [-0.39, 0.29) is 16.4 Å². The topological polar surface area (TPSA) is 57.2 Å². The third-order valence-corrected chi connectivity index (χ3v) is 9.97. The quantitative estimate of drug-likeness (QED) is 0.577. The highest BCUT2D eigenvalue weighted by Crippen LogP contribution is 2.69. The van der Waals surface area contributed by atoms with E-state index in [2.05, 4.69) is 53.7 Å². The van der Waals surface area contributed by atoms with Crippen molar-refractivity contribution in [2.45, 2.75) is 104 Å². The predicted octanol–water partition coefficient (Wildman–Crippen LogP) is 6.09. The summed E-state index contributed by atoms with van der Waals surface area (Å²) < 4.78 is 25.4. The van der Waals surface area contributed by atoms with Gasteiger partial charge in [0, 0.05) is 17.3 Å². The van der Waals surface area contributed by atoms with Crippen LogP contribution in [0.2, 0.25) is 0 Å². The lowest BCUT2D eigenvalue weighted by atomic mass is 9.55. The molecule has 3 heterocycles. The Morgan fingerprint density at radius 2 is 1.82 bits per heavy atom. The molecule has 5 atom stereocenters. The van der Waals surface area contributed by atoms with Crippen LogP contribution in [0.4, 0.5) is 0 Å². The molecule has 0 amide bonds. The van der Waals surface area contributed by atoms with Gasteiger partial charge in [-0.1, -0.05) is 34.1 Å². The van der Waals surface area contributed by atoms with Crippen LogP contribution < -0.4 is 9.47 Å². The Kier molecular flexibility index (Phi) is 5.39. The van der Waals surface area contributed by atoms with Gasteiger partial charge in [0.2, 0.25) is 5.79 Å². The molecule has 0 bridgehead atoms. The summed E-state index contributed by atoms with van der Waals surface area (Å²) in [5.74, 6) is 2.07. The van der Waals surface area contributed by atoms with Crippen molar-refractivity contribution in [1.29, 1.82) is 0 Å². The zero-order valence-corrected chi connectivity index (χ0v) is 22.0. The summed E-state index contributed by atoms with van der Waals surface area (Å²) in [4.78, 5) is 0. The Bertz CT molecular complexity index is 1010. The van der Waals surface area contributed by atoms with Gasteiger partial charge in [-0.15, -0.1) is 0 Å². The van der Waals surface area contributed by atoms with Gasteiger partial charge in [-0.05, 0) is 75.3 Å². The van der Waals surface area contributed by atoms with Crippen LogP contribution >= 0.6 is 0 Å². The zero-order valence-electron chi connectivity index (χ0n) is 22.0. The van der Waals surface area contributed by atoms with E-state index in [9.17, 15) is 5.11 Å². The zero-order chi connectivity index (χ0) is 24.6. The Balaban J connectivity index is 1.40. The molecule has 0 radical (unpaired) electrons. The maximum atomic E-state index is 10.9. The Morgan fingerprint density at radius 3 is 2.50 bits per heavy atom. The van der Waals surface area contributed by atoms with Crippen molar-refractivity contribution < 1.29 is 24.1 Å². The average molecular weight is 471 g/mol. The molecule has 1 aromatic carbocycles. The van der Waals surface area contributed by atoms with E-state index in [0.29, 0.717) is 6.61 Å². The number of fused-ring (bicyclic) bond motifs is 3. The molecule has 5 nitrogen and oxygen atoms in total. The van der Waals surface area contributed by atoms with Crippen molar-refractivity contribution in [3.8, 4) is 11.5 Å². The average Bonchev–Trinajstić information content (AvgIpc) is 3.22. The molecule has 1 saturated heterocycles. The van der Waals surface area contributed by atoms with Crippen LogP contribution in [0.3, 0.4) is 0 Å². The summed E-state index contributed by atoms with van der Waals surface area (Å²) in [5, 5.41) is 10.9. The first-order valence-corrected chi connectivity index (χ1v) is 13.0. The van der Waals surface area contributed by atoms with Crippen molar-refractivity contribution in [1.82, 2.24) is 0 Å². The number of aliphatic hydroxyl groups excluding tert-OH is 1. The number of aliphatic hydroxyl groups is 1. The lowest BCUT2D eigenvalue weighted by Crippen LogP contribution is -2.63. The lowest BCUT2D eigenvalue weighted by molar-refractivity contribution is -0.324. The Labute approximate surface area is 204 Å². The monoisotopic (exact) mass is 470 g/mol. The minimum Gasteiger partial charge on any atom is -0.497 e. The smallest absolute Gasteiger partial charge is 0.224 e. The van der Waals surface area contributed by atoms with Gasteiger partial charge < -0.3 is 24.1 Å². The maximum Gasteiger partial charge on any atom is 0.224 e. The van der Waals surface area contributed by atoms with Crippen LogP contribution in [-0.4, -0.2) is 36.3 Å². The minimum absolute atomic E-state index is 0.0179. The second-order valence-corrected chi connectivity index (χ2v) is 12.5. The number of methoxy groups -OCH3 is 1. The van der Waals surface area contributed by atoms with Gasteiger partial charge in [-0.2, -0.15) is 0 Å². The number of aryl methyl sites for hydroxylation is 2. The van der Waals surface area contributed by atoms with E-state index in [1.807, 2.05) is 6.07 Å². The molecule has 1 aromatic rings. The van der Waals surface area contributed by atoms with E-state index in [1.54, 1.807) is 7.11 Å². The molecular formula is C29H42O5. The van der Waals surface area contributed by atoms with Crippen LogP contribution in [-0.2, 0) is 15.9 Å². The molecule has 1 aliphatic carbocycles. The molecule has 5 heteroatoms. The van der Waals surface area contributed by atoms with Gasteiger partial charge in [0.1, 0.15) is 17.1 Å². The highest BCUT2D eigenvalue weighted by Gasteiger charge is 2.73. The van der Waals surface area contributed by atoms with Crippen LogP contribution in [0, 0.1) is 23.2 Å². The molecule has 4 aliphatic rings. The standard InChI is InChI=1S/C29H42O5/c1-19-15-22(31-7)16-20-9-13-27(5,34-24(19)20)14-10-21-17-26(4)11-8-12-28(26,6)29(33-21)25(2,3)23(30)18-32-29/h15-17,23,30H,8-14,18H2,1-7H3/t23-,26+,27?,28+,29+/m0/s1. The molecule has 3 aliphatic heterocycles. The molecule has 1 unspecified atom stereocenters. The summed E-state index contributed by atoms with van der Waals surface area (Å²) in [7, 11) is 1.71. The first-order valence-electron chi connectivity index (χ1n) is 13.0. The van der Waals surface area contributed by atoms with Gasteiger partial charge in [0.25, 0.3) is 0 Å². The third-order valence-electron chi connectivity index (χ3n) is 9.97. The largest absolute Gasteiger partial charge is 0.497 e. The number of hydrogen-bond donors (Lipinski definition) is 1. The van der Waals surface area contributed by atoms with Gasteiger partial charge >= 0.3 is 0 Å². The minimum atomic E-state index is -0.817. The Morgan fingerprint density at radius 1 is 1.06 bits per heavy atom. The number of benzene rings is 1. The number of rotatable bonds is 4. The Hall–Kier alpha value is -1.72. The SMILES string of the molecule is COc1cc(C)c2c(c1)CCC(C)(CCC1=C[C@@]3(C)CCC[C@@]3(C)[C@]3(OC[C@H](O)C3(C)C)O1)O2. The van der Waals surface area contributed by atoms with Gasteiger partial charge in [0.05, 0.1) is 31.0 Å². The molecule has 34 heavy (non-hydrogen) atoms. The van der Waals surface area contributed by atoms with Crippen molar-refractivity contribution in [3.05, 3.63) is 35.1 Å². The molecule has 1 spiro atoms. The highest BCUT2D eigenvalue weighted by molar-refractivity contribution is 5.48. The fourth-order valence-corrected chi connectivity index (χ4v) is 7.31. The first-order chi connectivity index (χ1) is 15.9. The second-order valence-electron chi connectivity index (χ2n) is 12.5. The van der Waals surface area contributed by atoms with Crippen LogP contribution in [0.25, 0.3) is 0 Å². The fraction of sp³-hybridized carbons (Fsp3) is 0.724. The van der Waals surface area contributed by atoms with E-state index in [4.69, 9.17) is 18.9 Å². The summed E-state index contributed by atoms with van der Waals surface area (Å²) in [6, 6.07) is 4.15. The normalized spacial score (nSPS) is 40.2. The second kappa shape index (κ2) is 7.64. The van der Waals surface area contributed by atoms with Gasteiger partial charge in [-0.25, -0.2) is 0 Å². The number of ether oxygens (including phenoxy) is 4. The highest BCUT2D eigenvalue weighted by atomic mass is 16.7. The fourth-order valence-electron chi connectivity index (χ4n) is 7.31. The molecule has 1 saturated carbocycles. The van der Waals surface area contributed by atoms with E-state index < -0.39 is 17.3 Å².